The molecule has 0 aliphatic heterocycles. The van der Waals surface area contributed by atoms with Crippen molar-refractivity contribution in [1.29, 1.82) is 0 Å². The smallest absolute Gasteiger partial charge is 0.232 e. The topological polar surface area (TPSA) is 80.5 Å². The first-order valence-corrected chi connectivity index (χ1v) is 8.14. The summed E-state index contributed by atoms with van der Waals surface area (Å²) in [6.07, 6.45) is 0. The lowest BCUT2D eigenvalue weighted by Gasteiger charge is -2.18. The van der Waals surface area contributed by atoms with Gasteiger partial charge in [0.05, 0.1) is 21.0 Å². The summed E-state index contributed by atoms with van der Waals surface area (Å²) in [7, 11) is -3.63. The van der Waals surface area contributed by atoms with E-state index in [-0.39, 0.29) is 18.8 Å². The molecule has 1 rings (SSSR count). The largest absolute Gasteiger partial charge is 0.369 e. The third-order valence-electron chi connectivity index (χ3n) is 2.14. The van der Waals surface area contributed by atoms with Crippen molar-refractivity contribution in [3.8, 4) is 0 Å². The summed E-state index contributed by atoms with van der Waals surface area (Å²) in [6.45, 7) is 1.46. The molecule has 0 saturated carbocycles. The number of amides is 1. The Hall–Kier alpha value is -0.340. The summed E-state index contributed by atoms with van der Waals surface area (Å²) in [5.41, 5.74) is 5.43. The van der Waals surface area contributed by atoms with Crippen molar-refractivity contribution in [1.82, 2.24) is 4.31 Å². The Morgan fingerprint density at radius 3 is 2.50 bits per heavy atom. The molecule has 0 spiro atoms. The minimum absolute atomic E-state index is 0.167. The highest BCUT2D eigenvalue weighted by molar-refractivity contribution is 7.88. The van der Waals surface area contributed by atoms with Crippen LogP contribution in [0.25, 0.3) is 0 Å². The number of rotatable bonds is 6. The zero-order chi connectivity index (χ0) is 13.9. The highest BCUT2D eigenvalue weighted by Gasteiger charge is 2.24. The van der Waals surface area contributed by atoms with E-state index in [1.54, 1.807) is 6.92 Å². The van der Waals surface area contributed by atoms with E-state index < -0.39 is 15.9 Å². The molecule has 102 valence electrons. The molecule has 1 heterocycles. The fourth-order valence-corrected chi connectivity index (χ4v) is 4.52. The van der Waals surface area contributed by atoms with Gasteiger partial charge < -0.3 is 5.73 Å². The predicted molar refractivity (Wildman–Crippen MR) is 73.4 cm³/mol. The number of thiophene rings is 1. The lowest BCUT2D eigenvalue weighted by molar-refractivity contribution is -0.118. The van der Waals surface area contributed by atoms with Gasteiger partial charge in [0.2, 0.25) is 15.9 Å². The molecular weight excluding hydrogens is 319 g/mol. The predicted octanol–water partition coefficient (Wildman–Crippen LogP) is 1.69. The molecule has 0 aliphatic rings. The number of hydrogen-bond donors (Lipinski definition) is 1. The Morgan fingerprint density at radius 1 is 1.50 bits per heavy atom. The van der Waals surface area contributed by atoms with E-state index in [1.807, 2.05) is 0 Å². The van der Waals surface area contributed by atoms with Gasteiger partial charge in [0.15, 0.2) is 0 Å². The van der Waals surface area contributed by atoms with E-state index >= 15 is 0 Å². The van der Waals surface area contributed by atoms with Gasteiger partial charge >= 0.3 is 0 Å². The quantitative estimate of drug-likeness (QED) is 0.861. The molecule has 5 nitrogen and oxygen atoms in total. The second-order valence-electron chi connectivity index (χ2n) is 3.50. The van der Waals surface area contributed by atoms with Crippen molar-refractivity contribution in [3.05, 3.63) is 20.3 Å². The fourth-order valence-electron chi connectivity index (χ4n) is 1.34. The number of likely N-dealkylation sites (N-methyl/N-ethyl adjacent to an activating group) is 1. The SMILES string of the molecule is CCN(CC(N)=O)S(=O)(=O)Cc1cc(Cl)sc1Cl. The number of nitrogens with two attached hydrogens (primary N) is 1. The van der Waals surface area contributed by atoms with Crippen LogP contribution in [0, 0.1) is 0 Å². The molecule has 0 fully saturated rings. The maximum Gasteiger partial charge on any atom is 0.232 e. The van der Waals surface area contributed by atoms with Crippen LogP contribution in [0.5, 0.6) is 0 Å². The van der Waals surface area contributed by atoms with E-state index in [0.717, 1.165) is 15.6 Å². The Balaban J connectivity index is 2.93. The van der Waals surface area contributed by atoms with Crippen molar-refractivity contribution in [2.45, 2.75) is 12.7 Å². The summed E-state index contributed by atoms with van der Waals surface area (Å²) in [4.78, 5) is 10.8. The molecule has 0 radical (unpaired) electrons. The van der Waals surface area contributed by atoms with Crippen LogP contribution in [0.15, 0.2) is 6.07 Å². The first-order chi connectivity index (χ1) is 8.26. The lowest BCUT2D eigenvalue weighted by Crippen LogP contribution is -2.38. The second kappa shape index (κ2) is 6.21. The first-order valence-electron chi connectivity index (χ1n) is 4.96. The molecule has 2 N–H and O–H groups in total. The average molecular weight is 331 g/mol. The summed E-state index contributed by atoms with van der Waals surface area (Å²) in [5, 5.41) is 0. The first kappa shape index (κ1) is 15.7. The monoisotopic (exact) mass is 330 g/mol. The second-order valence-corrected chi connectivity index (χ2v) is 7.75. The molecule has 0 saturated heterocycles. The van der Waals surface area contributed by atoms with Gasteiger partial charge in [-0.25, -0.2) is 8.42 Å². The van der Waals surface area contributed by atoms with Crippen LogP contribution < -0.4 is 5.73 Å². The molecular formula is C9H12Cl2N2O3S2. The number of halogens is 2. The molecule has 18 heavy (non-hydrogen) atoms. The van der Waals surface area contributed by atoms with Gasteiger partial charge in [-0.3, -0.25) is 4.79 Å². The van der Waals surface area contributed by atoms with Gasteiger partial charge in [-0.05, 0) is 11.6 Å². The van der Waals surface area contributed by atoms with Crippen LogP contribution in [-0.4, -0.2) is 31.7 Å². The van der Waals surface area contributed by atoms with Gasteiger partial charge in [0, 0.05) is 6.54 Å². The van der Waals surface area contributed by atoms with Crippen molar-refractivity contribution < 1.29 is 13.2 Å². The minimum atomic E-state index is -3.63. The molecule has 0 aliphatic carbocycles. The molecule has 9 heteroatoms. The molecule has 1 aromatic rings. The van der Waals surface area contributed by atoms with Crippen LogP contribution in [0.1, 0.15) is 12.5 Å². The van der Waals surface area contributed by atoms with E-state index in [9.17, 15) is 13.2 Å². The summed E-state index contributed by atoms with van der Waals surface area (Å²) >= 11 is 12.7. The lowest BCUT2D eigenvalue weighted by atomic mass is 10.4. The molecule has 0 unspecified atom stereocenters. The Labute approximate surface area is 120 Å². The van der Waals surface area contributed by atoms with Crippen molar-refractivity contribution in [2.75, 3.05) is 13.1 Å². The molecule has 0 aromatic carbocycles. The standard InChI is InChI=1S/C9H12Cl2N2O3S2/c1-2-13(4-8(12)14)18(15,16)5-6-3-7(10)17-9(6)11/h3H,2,4-5H2,1H3,(H2,12,14). The van der Waals surface area contributed by atoms with Gasteiger partial charge in [-0.2, -0.15) is 4.31 Å². The number of hydrogen-bond acceptors (Lipinski definition) is 4. The van der Waals surface area contributed by atoms with Crippen molar-refractivity contribution >= 4 is 50.5 Å². The number of carbonyl (C=O) groups excluding carboxylic acids is 1. The maximum atomic E-state index is 12.0. The van der Waals surface area contributed by atoms with Gasteiger partial charge in [-0.1, -0.05) is 30.1 Å². The summed E-state index contributed by atoms with van der Waals surface area (Å²) in [6, 6.07) is 1.50. The van der Waals surface area contributed by atoms with Crippen LogP contribution in [0.2, 0.25) is 8.67 Å². The number of nitrogens with zero attached hydrogens (tertiary/aromatic N) is 1. The third kappa shape index (κ3) is 4.10. The van der Waals surface area contributed by atoms with Crippen LogP contribution >= 0.6 is 34.5 Å². The molecule has 0 atom stereocenters. The zero-order valence-electron chi connectivity index (χ0n) is 9.52. The van der Waals surface area contributed by atoms with Gasteiger partial charge in [0.25, 0.3) is 0 Å². The summed E-state index contributed by atoms with van der Waals surface area (Å²) in [5.74, 6) is -0.995. The maximum absolute atomic E-state index is 12.0. The van der Waals surface area contributed by atoms with Crippen molar-refractivity contribution in [3.63, 3.8) is 0 Å². The fraction of sp³-hybridized carbons (Fsp3) is 0.444. The minimum Gasteiger partial charge on any atom is -0.369 e. The van der Waals surface area contributed by atoms with Gasteiger partial charge in [0.1, 0.15) is 0 Å². The average Bonchev–Trinajstić information content (AvgIpc) is 2.52. The highest BCUT2D eigenvalue weighted by atomic mass is 35.5. The van der Waals surface area contributed by atoms with E-state index in [1.165, 1.54) is 6.07 Å². The Bertz CT molecular complexity index is 542. The van der Waals surface area contributed by atoms with Crippen LogP contribution in [0.4, 0.5) is 0 Å². The Morgan fingerprint density at radius 2 is 2.11 bits per heavy atom. The van der Waals surface area contributed by atoms with Gasteiger partial charge in [-0.15, -0.1) is 11.3 Å². The van der Waals surface area contributed by atoms with Crippen molar-refractivity contribution in [2.24, 2.45) is 5.73 Å². The third-order valence-corrected chi connectivity index (χ3v) is 5.56. The number of sulfonamides is 1. The summed E-state index contributed by atoms with van der Waals surface area (Å²) < 4.78 is 25.9. The Kier molecular flexibility index (Phi) is 5.42. The highest BCUT2D eigenvalue weighted by Crippen LogP contribution is 2.32. The molecule has 0 bridgehead atoms. The zero-order valence-corrected chi connectivity index (χ0v) is 12.7. The molecule has 1 aromatic heterocycles. The normalized spacial score (nSPS) is 12.0. The van der Waals surface area contributed by atoms with E-state index in [2.05, 4.69) is 0 Å². The van der Waals surface area contributed by atoms with E-state index in [0.29, 0.717) is 14.2 Å². The van der Waals surface area contributed by atoms with E-state index in [4.69, 9.17) is 28.9 Å². The number of carbonyl (C=O) groups is 1. The number of primary amides is 1. The van der Waals surface area contributed by atoms with Crippen LogP contribution in [0.3, 0.4) is 0 Å². The molecule has 1 amide bonds. The van der Waals surface area contributed by atoms with Crippen LogP contribution in [-0.2, 0) is 20.6 Å².